The smallest absolute Gasteiger partial charge is 0.314 e. The van der Waals surface area contributed by atoms with E-state index in [9.17, 15) is 12.6 Å². The van der Waals surface area contributed by atoms with Gasteiger partial charge < -0.3 is 10.6 Å². The number of halogens is 4. The third-order valence-electron chi connectivity index (χ3n) is 2.04. The van der Waals surface area contributed by atoms with Crippen LogP contribution < -0.4 is 5.73 Å². The lowest BCUT2D eigenvalue weighted by Crippen LogP contribution is -2.31. The largest absolute Gasteiger partial charge is 0.351 e. The van der Waals surface area contributed by atoms with Crippen LogP contribution in [-0.4, -0.2) is 18.0 Å². The molecule has 0 bridgehead atoms. The molecular formula is C9H10Cl2F2N2OS. The van der Waals surface area contributed by atoms with Crippen LogP contribution in [0.3, 0.4) is 0 Å². The van der Waals surface area contributed by atoms with Gasteiger partial charge in [-0.3, -0.25) is 0 Å². The SMILES string of the molecule is CN(Cc1ccc(S(F)(F)Cl)c(Cl)c1)C(N)=O. The van der Waals surface area contributed by atoms with Crippen molar-refractivity contribution in [2.45, 2.75) is 11.4 Å². The molecule has 0 fully saturated rings. The van der Waals surface area contributed by atoms with Gasteiger partial charge in [-0.2, -0.15) is 0 Å². The summed E-state index contributed by atoms with van der Waals surface area (Å²) in [7, 11) is 2.08. The Labute approximate surface area is 109 Å². The predicted molar refractivity (Wildman–Crippen MR) is 66.4 cm³/mol. The lowest BCUT2D eigenvalue weighted by atomic mass is 10.2. The number of primary amides is 1. The minimum atomic E-state index is -4.36. The molecule has 0 aliphatic heterocycles. The van der Waals surface area contributed by atoms with Crippen LogP contribution in [0.25, 0.3) is 0 Å². The molecule has 0 unspecified atom stereocenters. The number of hydrogen-bond donors (Lipinski definition) is 1. The fraction of sp³-hybridized carbons (Fsp3) is 0.222. The van der Waals surface area contributed by atoms with Gasteiger partial charge in [0.15, 0.2) is 10.0 Å². The molecule has 0 aliphatic rings. The van der Waals surface area contributed by atoms with Gasteiger partial charge in [-0.05, 0) is 17.7 Å². The monoisotopic (exact) mass is 302 g/mol. The molecule has 0 aromatic heterocycles. The van der Waals surface area contributed by atoms with Crippen LogP contribution in [0.4, 0.5) is 12.6 Å². The maximum atomic E-state index is 12.9. The second kappa shape index (κ2) is 5.29. The van der Waals surface area contributed by atoms with Crippen molar-refractivity contribution in [1.82, 2.24) is 4.90 Å². The van der Waals surface area contributed by atoms with Crippen LogP contribution in [0.5, 0.6) is 0 Å². The van der Waals surface area contributed by atoms with Crippen molar-refractivity contribution in [1.29, 1.82) is 0 Å². The molecule has 0 atom stereocenters. The van der Waals surface area contributed by atoms with Crippen LogP contribution in [0.2, 0.25) is 5.02 Å². The summed E-state index contributed by atoms with van der Waals surface area (Å²) in [5.74, 6) is 0. The van der Waals surface area contributed by atoms with E-state index in [-0.39, 0.29) is 16.5 Å². The van der Waals surface area contributed by atoms with E-state index < -0.39 is 16.0 Å². The van der Waals surface area contributed by atoms with E-state index in [1.54, 1.807) is 0 Å². The third kappa shape index (κ3) is 3.90. The van der Waals surface area contributed by atoms with Crippen molar-refractivity contribution in [3.63, 3.8) is 0 Å². The van der Waals surface area contributed by atoms with Gasteiger partial charge in [0.05, 0.1) is 9.92 Å². The highest BCUT2D eigenvalue weighted by Gasteiger charge is 2.25. The summed E-state index contributed by atoms with van der Waals surface area (Å²) in [6.07, 6.45) is 0. The van der Waals surface area contributed by atoms with Crippen LogP contribution in [0, 0.1) is 0 Å². The second-order valence-corrected chi connectivity index (χ2v) is 6.19. The van der Waals surface area contributed by atoms with Crippen molar-refractivity contribution in [3.05, 3.63) is 28.8 Å². The number of nitrogens with two attached hydrogens (primary N) is 1. The van der Waals surface area contributed by atoms with Crippen molar-refractivity contribution in [3.8, 4) is 0 Å². The average molecular weight is 303 g/mol. The van der Waals surface area contributed by atoms with E-state index in [1.165, 1.54) is 24.1 Å². The van der Waals surface area contributed by atoms with Crippen LogP contribution in [0.1, 0.15) is 5.56 Å². The Balaban J connectivity index is 2.94. The molecule has 96 valence electrons. The fourth-order valence-corrected chi connectivity index (χ4v) is 2.70. The van der Waals surface area contributed by atoms with E-state index in [4.69, 9.17) is 28.0 Å². The summed E-state index contributed by atoms with van der Waals surface area (Å²) < 4.78 is 25.8. The molecule has 3 nitrogen and oxygen atoms in total. The topological polar surface area (TPSA) is 46.3 Å². The van der Waals surface area contributed by atoms with Crippen molar-refractivity contribution in [2.75, 3.05) is 7.05 Å². The highest BCUT2D eigenvalue weighted by atomic mass is 35.7. The van der Waals surface area contributed by atoms with E-state index in [1.807, 2.05) is 0 Å². The minimum Gasteiger partial charge on any atom is -0.351 e. The number of urea groups is 1. The summed E-state index contributed by atoms with van der Waals surface area (Å²) in [5.41, 5.74) is 5.64. The van der Waals surface area contributed by atoms with E-state index in [2.05, 4.69) is 0 Å². The van der Waals surface area contributed by atoms with E-state index >= 15 is 0 Å². The number of amides is 2. The zero-order valence-electron chi connectivity index (χ0n) is 8.79. The second-order valence-electron chi connectivity index (χ2n) is 3.37. The maximum absolute atomic E-state index is 12.9. The molecule has 1 aromatic carbocycles. The van der Waals surface area contributed by atoms with Gasteiger partial charge in [0.1, 0.15) is 0 Å². The first-order valence-electron chi connectivity index (χ1n) is 4.43. The summed E-state index contributed by atoms with van der Waals surface area (Å²) >= 11 is 5.70. The van der Waals surface area contributed by atoms with Crippen molar-refractivity contribution < 1.29 is 12.6 Å². The molecule has 0 saturated heterocycles. The molecule has 1 aromatic rings. The summed E-state index contributed by atoms with van der Waals surface area (Å²) in [6.45, 7) is 0.193. The van der Waals surface area contributed by atoms with Crippen molar-refractivity contribution in [2.24, 2.45) is 5.73 Å². The van der Waals surface area contributed by atoms with Gasteiger partial charge in [0.25, 0.3) is 0 Å². The first-order chi connectivity index (χ1) is 7.71. The predicted octanol–water partition coefficient (Wildman–Crippen LogP) is 3.94. The molecule has 8 heteroatoms. The first-order valence-corrected chi connectivity index (χ1v) is 7.07. The summed E-state index contributed by atoms with van der Waals surface area (Å²) in [4.78, 5) is 11.6. The van der Waals surface area contributed by atoms with E-state index in [0.717, 1.165) is 6.07 Å². The Bertz CT molecular complexity index is 439. The summed E-state index contributed by atoms with van der Waals surface area (Å²) in [6, 6.07) is 3.33. The fourth-order valence-electron chi connectivity index (χ4n) is 1.18. The first kappa shape index (κ1) is 14.3. The van der Waals surface area contributed by atoms with Crippen LogP contribution >= 0.6 is 32.3 Å². The average Bonchev–Trinajstić information content (AvgIpc) is 2.15. The Morgan fingerprint density at radius 1 is 1.53 bits per heavy atom. The maximum Gasteiger partial charge on any atom is 0.314 e. The number of benzene rings is 1. The third-order valence-corrected chi connectivity index (χ3v) is 3.82. The normalized spacial score (nSPS) is 12.3. The molecule has 0 radical (unpaired) electrons. The Kier molecular flexibility index (Phi) is 4.46. The molecule has 2 N–H and O–H groups in total. The zero-order valence-corrected chi connectivity index (χ0v) is 11.1. The standard InChI is InChI=1S/C9H10Cl2F2N2OS/c1-15(9(14)16)5-6-2-3-8(7(10)4-6)17(11,12)13/h2-4H,5H2,1H3,(H2,14,16). The number of nitrogens with zero attached hydrogens (tertiary/aromatic N) is 1. The summed E-state index contributed by atoms with van der Waals surface area (Å²) in [5, 5.41) is -0.115. The lowest BCUT2D eigenvalue weighted by molar-refractivity contribution is 0.216. The number of carbonyl (C=O) groups is 1. The Morgan fingerprint density at radius 3 is 2.53 bits per heavy atom. The van der Waals surface area contributed by atoms with Gasteiger partial charge in [-0.25, -0.2) is 4.79 Å². The van der Waals surface area contributed by atoms with Crippen LogP contribution in [0.15, 0.2) is 23.1 Å². The zero-order chi connectivity index (χ0) is 13.2. The molecule has 0 spiro atoms. The Hall–Kier alpha value is -0.720. The molecule has 0 heterocycles. The molecule has 1 rings (SSSR count). The molecule has 17 heavy (non-hydrogen) atoms. The van der Waals surface area contributed by atoms with Gasteiger partial charge >= 0.3 is 6.03 Å². The molecular weight excluding hydrogens is 293 g/mol. The van der Waals surface area contributed by atoms with Crippen molar-refractivity contribution >= 4 is 38.3 Å². The Morgan fingerprint density at radius 2 is 2.12 bits per heavy atom. The number of rotatable bonds is 3. The number of carbonyl (C=O) groups excluding carboxylic acids is 1. The van der Waals surface area contributed by atoms with Gasteiger partial charge in [0.2, 0.25) is 0 Å². The highest BCUT2D eigenvalue weighted by molar-refractivity contribution is 8.43. The van der Waals surface area contributed by atoms with Crippen LogP contribution in [-0.2, 0) is 6.54 Å². The molecule has 0 saturated carbocycles. The molecule has 2 amide bonds. The minimum absolute atomic E-state index is 0.115. The van der Waals surface area contributed by atoms with Gasteiger partial charge in [0, 0.05) is 24.3 Å². The number of hydrogen-bond acceptors (Lipinski definition) is 1. The highest BCUT2D eigenvalue weighted by Crippen LogP contribution is 2.65. The van der Waals surface area contributed by atoms with Gasteiger partial charge in [-0.15, -0.1) is 7.77 Å². The molecule has 0 aliphatic carbocycles. The van der Waals surface area contributed by atoms with Gasteiger partial charge in [-0.1, -0.05) is 17.7 Å². The lowest BCUT2D eigenvalue weighted by Gasteiger charge is -2.17. The quantitative estimate of drug-likeness (QED) is 0.903. The van der Waals surface area contributed by atoms with E-state index in [0.29, 0.717) is 5.56 Å².